The molecule has 1 aromatic heterocycles. The van der Waals surface area contributed by atoms with Crippen molar-refractivity contribution in [3.05, 3.63) is 18.0 Å². The SMILES string of the molecule is COC(=O)/C=C\c1cn(C(C)(C)C)nn1. The van der Waals surface area contributed by atoms with Crippen molar-refractivity contribution in [2.75, 3.05) is 7.11 Å². The molecule has 0 fully saturated rings. The predicted octanol–water partition coefficient (Wildman–Crippen LogP) is 1.22. The van der Waals surface area contributed by atoms with E-state index in [1.165, 1.54) is 13.2 Å². The number of carbonyl (C=O) groups is 1. The third-order valence-electron chi connectivity index (χ3n) is 1.79. The van der Waals surface area contributed by atoms with Crippen LogP contribution in [-0.4, -0.2) is 28.1 Å². The summed E-state index contributed by atoms with van der Waals surface area (Å²) in [7, 11) is 1.33. The molecule has 0 aliphatic carbocycles. The van der Waals surface area contributed by atoms with Crippen molar-refractivity contribution in [3.8, 4) is 0 Å². The number of hydrogen-bond acceptors (Lipinski definition) is 4. The molecule has 0 N–H and O–H groups in total. The van der Waals surface area contributed by atoms with Gasteiger partial charge in [0.2, 0.25) is 0 Å². The molecule has 0 aromatic carbocycles. The largest absolute Gasteiger partial charge is 0.466 e. The summed E-state index contributed by atoms with van der Waals surface area (Å²) in [6.07, 6.45) is 4.66. The smallest absolute Gasteiger partial charge is 0.330 e. The zero-order valence-corrected chi connectivity index (χ0v) is 9.39. The van der Waals surface area contributed by atoms with Gasteiger partial charge in [0.15, 0.2) is 0 Å². The van der Waals surface area contributed by atoms with Gasteiger partial charge in [-0.05, 0) is 26.8 Å². The van der Waals surface area contributed by atoms with Gasteiger partial charge in [-0.25, -0.2) is 9.48 Å². The third-order valence-corrected chi connectivity index (χ3v) is 1.79. The van der Waals surface area contributed by atoms with Crippen LogP contribution in [0.15, 0.2) is 12.3 Å². The summed E-state index contributed by atoms with van der Waals surface area (Å²) in [5, 5.41) is 7.86. The van der Waals surface area contributed by atoms with Gasteiger partial charge in [-0.1, -0.05) is 5.21 Å². The molecule has 0 unspecified atom stereocenters. The van der Waals surface area contributed by atoms with E-state index < -0.39 is 5.97 Å². The predicted molar refractivity (Wildman–Crippen MR) is 56.1 cm³/mol. The quantitative estimate of drug-likeness (QED) is 0.543. The molecule has 15 heavy (non-hydrogen) atoms. The Kier molecular flexibility index (Phi) is 3.24. The van der Waals surface area contributed by atoms with Crippen molar-refractivity contribution in [1.29, 1.82) is 0 Å². The molecule has 0 atom stereocenters. The van der Waals surface area contributed by atoms with E-state index in [2.05, 4.69) is 15.0 Å². The fourth-order valence-electron chi connectivity index (χ4n) is 0.902. The highest BCUT2D eigenvalue weighted by molar-refractivity contribution is 5.86. The fraction of sp³-hybridized carbons (Fsp3) is 0.500. The Hall–Kier alpha value is -1.65. The molecule has 0 radical (unpaired) electrons. The van der Waals surface area contributed by atoms with Crippen molar-refractivity contribution in [2.45, 2.75) is 26.3 Å². The van der Waals surface area contributed by atoms with Gasteiger partial charge in [-0.2, -0.15) is 0 Å². The summed E-state index contributed by atoms with van der Waals surface area (Å²) in [5.41, 5.74) is 0.528. The van der Waals surface area contributed by atoms with Crippen molar-refractivity contribution >= 4 is 12.0 Å². The van der Waals surface area contributed by atoms with Crippen LogP contribution in [0.3, 0.4) is 0 Å². The van der Waals surface area contributed by atoms with Crippen molar-refractivity contribution in [1.82, 2.24) is 15.0 Å². The summed E-state index contributed by atoms with van der Waals surface area (Å²) in [4.78, 5) is 10.8. The molecule has 0 saturated heterocycles. The maximum Gasteiger partial charge on any atom is 0.330 e. The lowest BCUT2D eigenvalue weighted by Gasteiger charge is -2.17. The minimum atomic E-state index is -0.402. The van der Waals surface area contributed by atoms with Gasteiger partial charge < -0.3 is 4.74 Å². The first-order valence-corrected chi connectivity index (χ1v) is 4.62. The second kappa shape index (κ2) is 4.25. The second-order valence-electron chi connectivity index (χ2n) is 4.12. The molecule has 82 valence electrons. The van der Waals surface area contributed by atoms with Crippen LogP contribution in [0.5, 0.6) is 0 Å². The molecule has 1 aromatic rings. The number of hydrogen-bond donors (Lipinski definition) is 0. The Bertz CT molecular complexity index is 374. The zero-order chi connectivity index (χ0) is 11.5. The van der Waals surface area contributed by atoms with E-state index in [4.69, 9.17) is 0 Å². The average Bonchev–Trinajstić information content (AvgIpc) is 2.61. The highest BCUT2D eigenvalue weighted by Gasteiger charge is 2.14. The molecular formula is C10H15N3O2. The first-order valence-electron chi connectivity index (χ1n) is 4.62. The van der Waals surface area contributed by atoms with E-state index in [0.29, 0.717) is 5.69 Å². The van der Waals surface area contributed by atoms with Gasteiger partial charge >= 0.3 is 5.97 Å². The molecule has 0 bridgehead atoms. The Morgan fingerprint density at radius 3 is 2.67 bits per heavy atom. The highest BCUT2D eigenvalue weighted by atomic mass is 16.5. The van der Waals surface area contributed by atoms with Crippen molar-refractivity contribution in [3.63, 3.8) is 0 Å². The number of carbonyl (C=O) groups excluding carboxylic acids is 1. The van der Waals surface area contributed by atoms with Gasteiger partial charge in [-0.15, -0.1) is 5.10 Å². The van der Waals surface area contributed by atoms with Crippen LogP contribution in [0, 0.1) is 0 Å². The Labute approximate surface area is 88.7 Å². The van der Waals surface area contributed by atoms with Gasteiger partial charge in [-0.3, -0.25) is 0 Å². The lowest BCUT2D eigenvalue weighted by molar-refractivity contribution is -0.134. The van der Waals surface area contributed by atoms with Gasteiger partial charge in [0.1, 0.15) is 5.69 Å². The summed E-state index contributed by atoms with van der Waals surface area (Å²) >= 11 is 0. The third kappa shape index (κ3) is 3.19. The lowest BCUT2D eigenvalue weighted by atomic mass is 10.1. The lowest BCUT2D eigenvalue weighted by Crippen LogP contribution is -2.22. The second-order valence-corrected chi connectivity index (χ2v) is 4.12. The summed E-state index contributed by atoms with van der Waals surface area (Å²) in [6, 6.07) is 0. The number of methoxy groups -OCH3 is 1. The monoisotopic (exact) mass is 209 g/mol. The van der Waals surface area contributed by atoms with Gasteiger partial charge in [0.05, 0.1) is 18.8 Å². The van der Waals surface area contributed by atoms with Gasteiger partial charge in [0, 0.05) is 6.08 Å². The minimum absolute atomic E-state index is 0.107. The summed E-state index contributed by atoms with van der Waals surface area (Å²) < 4.78 is 6.21. The molecule has 0 aliphatic rings. The molecule has 1 heterocycles. The molecule has 0 aliphatic heterocycles. The number of rotatable bonds is 2. The Balaban J connectivity index is 2.77. The van der Waals surface area contributed by atoms with Crippen LogP contribution in [0.1, 0.15) is 26.5 Å². The fourth-order valence-corrected chi connectivity index (χ4v) is 0.902. The van der Waals surface area contributed by atoms with Crippen molar-refractivity contribution < 1.29 is 9.53 Å². The number of esters is 1. The first kappa shape index (κ1) is 11.4. The topological polar surface area (TPSA) is 57.0 Å². The number of nitrogens with zero attached hydrogens (tertiary/aromatic N) is 3. The van der Waals surface area contributed by atoms with Crippen LogP contribution in [-0.2, 0) is 15.1 Å². The van der Waals surface area contributed by atoms with E-state index in [1.807, 2.05) is 20.8 Å². The van der Waals surface area contributed by atoms with E-state index in [0.717, 1.165) is 0 Å². The van der Waals surface area contributed by atoms with Crippen LogP contribution >= 0.6 is 0 Å². The maximum atomic E-state index is 10.8. The number of ether oxygens (including phenoxy) is 1. The van der Waals surface area contributed by atoms with E-state index in [1.54, 1.807) is 17.0 Å². The van der Waals surface area contributed by atoms with E-state index in [9.17, 15) is 4.79 Å². The van der Waals surface area contributed by atoms with E-state index in [-0.39, 0.29) is 5.54 Å². The molecule has 0 amide bonds. The molecule has 0 saturated carbocycles. The standard InChI is InChI=1S/C10H15N3O2/c1-10(2,3)13-7-8(11-12-13)5-6-9(14)15-4/h5-7H,1-4H3/b6-5-. The molecule has 0 spiro atoms. The zero-order valence-electron chi connectivity index (χ0n) is 9.39. The summed E-state index contributed by atoms with van der Waals surface area (Å²) in [6.45, 7) is 6.07. The molecular weight excluding hydrogens is 194 g/mol. The van der Waals surface area contributed by atoms with Crippen molar-refractivity contribution in [2.24, 2.45) is 0 Å². The first-order chi connectivity index (χ1) is 6.93. The minimum Gasteiger partial charge on any atom is -0.466 e. The normalized spacial score (nSPS) is 12.0. The van der Waals surface area contributed by atoms with Crippen LogP contribution in [0.2, 0.25) is 0 Å². The average molecular weight is 209 g/mol. The van der Waals surface area contributed by atoms with Gasteiger partial charge in [0.25, 0.3) is 0 Å². The Morgan fingerprint density at radius 2 is 2.20 bits per heavy atom. The highest BCUT2D eigenvalue weighted by Crippen LogP contribution is 2.12. The molecule has 1 rings (SSSR count). The molecule has 5 nitrogen and oxygen atoms in total. The number of aromatic nitrogens is 3. The van der Waals surface area contributed by atoms with Crippen LogP contribution in [0.25, 0.3) is 6.08 Å². The Morgan fingerprint density at radius 1 is 1.53 bits per heavy atom. The summed E-state index contributed by atoms with van der Waals surface area (Å²) in [5.74, 6) is -0.402. The maximum absolute atomic E-state index is 10.8. The van der Waals surface area contributed by atoms with E-state index >= 15 is 0 Å². The van der Waals surface area contributed by atoms with Crippen LogP contribution < -0.4 is 0 Å². The van der Waals surface area contributed by atoms with Crippen LogP contribution in [0.4, 0.5) is 0 Å². The molecule has 5 heteroatoms.